The van der Waals surface area contributed by atoms with Gasteiger partial charge in [0, 0.05) is 26.1 Å². The summed E-state index contributed by atoms with van der Waals surface area (Å²) in [5.74, 6) is -1.12. The number of fused-ring (bicyclic) bond motifs is 2. The van der Waals surface area contributed by atoms with Crippen LogP contribution in [0.2, 0.25) is 0 Å². The molecule has 0 amide bonds. The first-order valence-electron chi connectivity index (χ1n) is 7.32. The summed E-state index contributed by atoms with van der Waals surface area (Å²) in [6.45, 7) is 3.40. The summed E-state index contributed by atoms with van der Waals surface area (Å²) in [6.07, 6.45) is 1.10. The molecule has 0 bridgehead atoms. The van der Waals surface area contributed by atoms with Gasteiger partial charge >= 0.3 is 5.97 Å². The molecule has 1 N–H and O–H groups in total. The zero-order chi connectivity index (χ0) is 15.7. The first kappa shape index (κ1) is 15.0. The lowest BCUT2D eigenvalue weighted by Crippen LogP contribution is -2.47. The van der Waals surface area contributed by atoms with Crippen LogP contribution in [0.15, 0.2) is 4.79 Å². The summed E-state index contributed by atoms with van der Waals surface area (Å²) >= 11 is 0. The zero-order valence-corrected chi connectivity index (χ0v) is 12.3. The van der Waals surface area contributed by atoms with E-state index in [1.807, 2.05) is 0 Å². The summed E-state index contributed by atoms with van der Waals surface area (Å²) in [5, 5.41) is 9.98. The van der Waals surface area contributed by atoms with Crippen LogP contribution in [0.1, 0.15) is 36.1 Å². The summed E-state index contributed by atoms with van der Waals surface area (Å²) in [7, 11) is 0. The molecule has 1 saturated heterocycles. The van der Waals surface area contributed by atoms with Crippen LogP contribution in [0.25, 0.3) is 0 Å². The molecule has 1 fully saturated rings. The van der Waals surface area contributed by atoms with Crippen molar-refractivity contribution in [3.05, 3.63) is 21.9 Å². The number of nitrogens with zero attached hydrogens (tertiary/aromatic N) is 2. The zero-order valence-electron chi connectivity index (χ0n) is 12.3. The monoisotopic (exact) mass is 310 g/mol. The van der Waals surface area contributed by atoms with Crippen LogP contribution in [-0.4, -0.2) is 47.1 Å². The highest BCUT2D eigenvalue weighted by molar-refractivity contribution is 5.90. The Balaban J connectivity index is 2.15. The lowest BCUT2D eigenvalue weighted by molar-refractivity contribution is -0.139. The maximum atomic E-state index is 12.3. The molecule has 1 aromatic rings. The third-order valence-corrected chi connectivity index (χ3v) is 4.02. The largest absolute Gasteiger partial charge is 0.501 e. The maximum Gasteiger partial charge on any atom is 0.361 e. The van der Waals surface area contributed by atoms with Crippen molar-refractivity contribution in [1.29, 1.82) is 0 Å². The van der Waals surface area contributed by atoms with Crippen molar-refractivity contribution >= 4 is 5.97 Å². The van der Waals surface area contributed by atoms with Crippen LogP contribution in [0, 0.1) is 0 Å². The third-order valence-electron chi connectivity index (χ3n) is 4.02. The number of rotatable bonds is 2. The average Bonchev–Trinajstić information content (AvgIpc) is 2.52. The van der Waals surface area contributed by atoms with Gasteiger partial charge in [0.1, 0.15) is 11.4 Å². The predicted octanol–water partition coefficient (Wildman–Crippen LogP) is 0.161. The van der Waals surface area contributed by atoms with E-state index < -0.39 is 22.9 Å². The second-order valence-corrected chi connectivity index (χ2v) is 5.27. The van der Waals surface area contributed by atoms with Crippen molar-refractivity contribution in [3.63, 3.8) is 0 Å². The maximum absolute atomic E-state index is 12.3. The predicted molar refractivity (Wildman–Crippen MR) is 73.8 cm³/mol. The molecule has 8 heteroatoms. The van der Waals surface area contributed by atoms with Crippen LogP contribution in [0.5, 0.6) is 5.75 Å². The van der Waals surface area contributed by atoms with E-state index in [-0.39, 0.29) is 12.3 Å². The Hall–Kier alpha value is -1.93. The van der Waals surface area contributed by atoms with E-state index in [2.05, 4.69) is 4.98 Å². The van der Waals surface area contributed by atoms with Crippen molar-refractivity contribution in [1.82, 2.24) is 9.55 Å². The summed E-state index contributed by atoms with van der Waals surface area (Å²) < 4.78 is 17.5. The van der Waals surface area contributed by atoms with Gasteiger partial charge in [-0.15, -0.1) is 0 Å². The van der Waals surface area contributed by atoms with E-state index in [0.717, 1.165) is 0 Å². The van der Waals surface area contributed by atoms with Gasteiger partial charge in [0.05, 0.1) is 19.8 Å². The topological polar surface area (TPSA) is 99.9 Å². The van der Waals surface area contributed by atoms with E-state index in [9.17, 15) is 14.7 Å². The molecular weight excluding hydrogens is 292 g/mol. The van der Waals surface area contributed by atoms with E-state index in [1.165, 1.54) is 4.57 Å². The number of hydrogen-bond donors (Lipinski definition) is 1. The van der Waals surface area contributed by atoms with Gasteiger partial charge in [-0.1, -0.05) is 0 Å². The number of carbonyl (C=O) groups excluding carboxylic acids is 1. The minimum atomic E-state index is -0.812. The Bertz CT molecular complexity index is 647. The molecule has 2 aliphatic rings. The fourth-order valence-corrected chi connectivity index (χ4v) is 2.91. The molecule has 2 aliphatic heterocycles. The molecule has 22 heavy (non-hydrogen) atoms. The van der Waals surface area contributed by atoms with Crippen molar-refractivity contribution < 1.29 is 24.1 Å². The van der Waals surface area contributed by atoms with Crippen LogP contribution in [0.4, 0.5) is 0 Å². The Kier molecular flexibility index (Phi) is 3.88. The van der Waals surface area contributed by atoms with Gasteiger partial charge in [-0.05, 0) is 6.92 Å². The number of hydrogen-bond acceptors (Lipinski definition) is 7. The van der Waals surface area contributed by atoms with E-state index in [4.69, 9.17) is 14.2 Å². The second-order valence-electron chi connectivity index (χ2n) is 5.27. The molecular formula is C14H18N2O6. The van der Waals surface area contributed by atoms with Gasteiger partial charge in [-0.2, -0.15) is 0 Å². The molecule has 3 rings (SSSR count). The van der Waals surface area contributed by atoms with Crippen molar-refractivity contribution in [2.75, 3.05) is 26.4 Å². The Morgan fingerprint density at radius 1 is 1.41 bits per heavy atom. The van der Waals surface area contributed by atoms with E-state index in [1.54, 1.807) is 6.92 Å². The van der Waals surface area contributed by atoms with Crippen molar-refractivity contribution in [3.8, 4) is 5.75 Å². The smallest absolute Gasteiger partial charge is 0.361 e. The van der Waals surface area contributed by atoms with Gasteiger partial charge in [-0.3, -0.25) is 9.36 Å². The van der Waals surface area contributed by atoms with Crippen LogP contribution >= 0.6 is 0 Å². The fraction of sp³-hybridized carbons (Fsp3) is 0.643. The molecule has 1 aromatic heterocycles. The lowest BCUT2D eigenvalue weighted by atomic mass is 9.91. The Morgan fingerprint density at radius 3 is 2.82 bits per heavy atom. The molecule has 8 nitrogen and oxygen atoms in total. The van der Waals surface area contributed by atoms with Crippen LogP contribution < -0.4 is 5.56 Å². The molecule has 0 aliphatic carbocycles. The average molecular weight is 310 g/mol. The van der Waals surface area contributed by atoms with Gasteiger partial charge in [0.2, 0.25) is 5.75 Å². The highest BCUT2D eigenvalue weighted by Gasteiger charge is 2.43. The number of carbonyl (C=O) groups is 1. The molecule has 0 unspecified atom stereocenters. The normalized spacial score (nSPS) is 19.7. The third kappa shape index (κ3) is 2.28. The molecule has 120 valence electrons. The van der Waals surface area contributed by atoms with Gasteiger partial charge < -0.3 is 19.3 Å². The number of ether oxygens (including phenoxy) is 3. The van der Waals surface area contributed by atoms with Gasteiger partial charge in [0.25, 0.3) is 5.56 Å². The van der Waals surface area contributed by atoms with Gasteiger partial charge in [0.15, 0.2) is 5.69 Å². The molecule has 1 spiro atoms. The van der Waals surface area contributed by atoms with Crippen molar-refractivity contribution in [2.45, 2.75) is 31.9 Å². The highest BCUT2D eigenvalue weighted by Crippen LogP contribution is 2.37. The Morgan fingerprint density at radius 2 is 2.14 bits per heavy atom. The first-order valence-corrected chi connectivity index (χ1v) is 7.32. The molecule has 0 saturated carbocycles. The minimum absolute atomic E-state index is 0.133. The molecule has 0 aromatic carbocycles. The van der Waals surface area contributed by atoms with Gasteiger partial charge in [-0.25, -0.2) is 9.78 Å². The summed E-state index contributed by atoms with van der Waals surface area (Å²) in [4.78, 5) is 28.5. The molecule has 0 atom stereocenters. The number of esters is 1. The highest BCUT2D eigenvalue weighted by atomic mass is 16.5. The Labute approximate surface area is 126 Å². The van der Waals surface area contributed by atoms with Crippen LogP contribution in [-0.2, 0) is 26.4 Å². The summed E-state index contributed by atoms with van der Waals surface area (Å²) in [5.41, 5.74) is -1.73. The van der Waals surface area contributed by atoms with Crippen LogP contribution in [0.3, 0.4) is 0 Å². The summed E-state index contributed by atoms with van der Waals surface area (Å²) in [6, 6.07) is 0. The number of aromatic nitrogens is 2. The first-order chi connectivity index (χ1) is 10.6. The lowest BCUT2D eigenvalue weighted by Gasteiger charge is -2.40. The standard InChI is InChI=1S/C14H18N2O6/c1-2-21-12(19)9-10(17)11(18)16-5-8-22-14(13(16)15-9)3-6-20-7-4-14/h17H,2-8H2,1H3. The molecule has 3 heterocycles. The van der Waals surface area contributed by atoms with E-state index >= 15 is 0 Å². The minimum Gasteiger partial charge on any atom is -0.501 e. The van der Waals surface area contributed by atoms with Crippen molar-refractivity contribution in [2.24, 2.45) is 0 Å². The fourth-order valence-electron chi connectivity index (χ4n) is 2.91. The van der Waals surface area contributed by atoms with E-state index in [0.29, 0.717) is 45.0 Å². The second kappa shape index (κ2) is 5.69. The quantitative estimate of drug-likeness (QED) is 0.777. The number of aromatic hydroxyl groups is 1. The molecule has 0 radical (unpaired) electrons. The SMILES string of the molecule is CCOC(=O)c1nc2n(c(=O)c1O)CCOC21CCOCC1.